The fourth-order valence-corrected chi connectivity index (χ4v) is 3.68. The van der Waals surface area contributed by atoms with Crippen LogP contribution in [0.15, 0.2) is 48.5 Å². The zero-order valence-electron chi connectivity index (χ0n) is 19.3. The highest BCUT2D eigenvalue weighted by atomic mass is 32.1. The third-order valence-electron chi connectivity index (χ3n) is 4.61. The minimum absolute atomic E-state index is 0.264. The first-order valence-corrected chi connectivity index (χ1v) is 11.3. The SMILES string of the molecule is O=C(O)C(F)(F)F.O=C(O)C(F)(F)F.c1ccc(COCC2CN(Cc3nccs3)Cc3cncn32)nc1. The van der Waals surface area contributed by atoms with E-state index in [9.17, 15) is 26.3 Å². The number of hydrogen-bond donors (Lipinski definition) is 2. The summed E-state index contributed by atoms with van der Waals surface area (Å²) in [5.41, 5.74) is 2.18. The number of alkyl halides is 6. The molecule has 3 aromatic rings. The van der Waals surface area contributed by atoms with E-state index in [1.807, 2.05) is 42.3 Å². The minimum atomic E-state index is -5.08. The van der Waals surface area contributed by atoms with Crippen molar-refractivity contribution in [2.24, 2.45) is 0 Å². The van der Waals surface area contributed by atoms with Crippen molar-refractivity contribution in [2.75, 3.05) is 13.2 Å². The number of carbonyl (C=O) groups is 2. The molecule has 0 spiro atoms. The number of pyridine rings is 1. The van der Waals surface area contributed by atoms with E-state index >= 15 is 0 Å². The second-order valence-electron chi connectivity index (χ2n) is 7.48. The Morgan fingerprint density at radius 3 is 2.24 bits per heavy atom. The molecule has 0 saturated heterocycles. The van der Waals surface area contributed by atoms with Gasteiger partial charge in [-0.3, -0.25) is 9.88 Å². The smallest absolute Gasteiger partial charge is 0.475 e. The van der Waals surface area contributed by atoms with E-state index in [1.165, 1.54) is 5.69 Å². The molecule has 0 aromatic carbocycles. The Balaban J connectivity index is 0.000000301. The molecule has 0 aliphatic carbocycles. The predicted molar refractivity (Wildman–Crippen MR) is 119 cm³/mol. The number of aliphatic carboxylic acids is 2. The molecule has 2 N–H and O–H groups in total. The zero-order chi connectivity index (χ0) is 28.3. The summed E-state index contributed by atoms with van der Waals surface area (Å²) >= 11 is 1.70. The van der Waals surface area contributed by atoms with Crippen LogP contribution in [-0.2, 0) is 34.0 Å². The Morgan fingerprint density at radius 1 is 1.05 bits per heavy atom. The van der Waals surface area contributed by atoms with Crippen LogP contribution in [0.3, 0.4) is 0 Å². The first kappa shape index (κ1) is 30.7. The van der Waals surface area contributed by atoms with Gasteiger partial charge in [-0.1, -0.05) is 6.07 Å². The third kappa shape index (κ3) is 10.4. The predicted octanol–water partition coefficient (Wildman–Crippen LogP) is 3.77. The molecule has 1 unspecified atom stereocenters. The van der Waals surface area contributed by atoms with Crippen LogP contribution in [0, 0.1) is 0 Å². The number of thiazole rings is 1. The van der Waals surface area contributed by atoms with Gasteiger partial charge in [-0.05, 0) is 12.1 Å². The largest absolute Gasteiger partial charge is 0.490 e. The van der Waals surface area contributed by atoms with Gasteiger partial charge in [0.05, 0.1) is 43.5 Å². The maximum absolute atomic E-state index is 10.6. The summed E-state index contributed by atoms with van der Waals surface area (Å²) < 4.78 is 71.6. The van der Waals surface area contributed by atoms with E-state index in [0.717, 1.165) is 30.3 Å². The highest BCUT2D eigenvalue weighted by Crippen LogP contribution is 2.23. The third-order valence-corrected chi connectivity index (χ3v) is 5.37. The Labute approximate surface area is 215 Å². The number of nitrogens with zero attached hydrogens (tertiary/aromatic N) is 5. The van der Waals surface area contributed by atoms with Gasteiger partial charge in [0.15, 0.2) is 0 Å². The lowest BCUT2D eigenvalue weighted by molar-refractivity contribution is -0.193. The lowest BCUT2D eigenvalue weighted by Crippen LogP contribution is -2.38. The summed E-state index contributed by atoms with van der Waals surface area (Å²) in [5, 5.41) is 17.4. The summed E-state index contributed by atoms with van der Waals surface area (Å²) in [6.07, 6.45) is -2.66. The van der Waals surface area contributed by atoms with Crippen LogP contribution < -0.4 is 0 Å². The molecule has 1 aliphatic rings. The summed E-state index contributed by atoms with van der Waals surface area (Å²) in [7, 11) is 0. The quantitative estimate of drug-likeness (QED) is 0.426. The standard InChI is InChI=1S/C17H19N5OS.2C2HF3O2/c1-2-4-19-14(3-1)11-23-12-16-9-21(10-17-20-5-6-24-17)8-15-7-18-13-22(15)16;2*3-2(4,5)1(6)7/h1-7,13,16H,8-12H2;2*(H,6,7). The highest BCUT2D eigenvalue weighted by Gasteiger charge is 2.38. The van der Waals surface area contributed by atoms with Gasteiger partial charge in [0, 0.05) is 37.1 Å². The van der Waals surface area contributed by atoms with Crippen LogP contribution in [-0.4, -0.2) is 72.1 Å². The number of rotatable bonds is 6. The summed E-state index contributed by atoms with van der Waals surface area (Å²) in [4.78, 5) is 33.2. The zero-order valence-corrected chi connectivity index (χ0v) is 20.1. The van der Waals surface area contributed by atoms with Gasteiger partial charge in [-0.15, -0.1) is 11.3 Å². The van der Waals surface area contributed by atoms with Gasteiger partial charge < -0.3 is 19.5 Å². The fourth-order valence-electron chi connectivity index (χ4n) is 3.02. The monoisotopic (exact) mass is 569 g/mol. The molecule has 17 heteroatoms. The first-order chi connectivity index (χ1) is 17.8. The Hall–Kier alpha value is -3.57. The van der Waals surface area contributed by atoms with E-state index in [4.69, 9.17) is 24.5 Å². The van der Waals surface area contributed by atoms with Gasteiger partial charge in [0.2, 0.25) is 0 Å². The van der Waals surface area contributed by atoms with Crippen LogP contribution in [0.2, 0.25) is 0 Å². The van der Waals surface area contributed by atoms with Crippen LogP contribution >= 0.6 is 11.3 Å². The molecule has 1 atom stereocenters. The lowest BCUT2D eigenvalue weighted by atomic mass is 10.2. The topological polar surface area (TPSA) is 131 Å². The summed E-state index contributed by atoms with van der Waals surface area (Å²) in [6, 6.07) is 6.15. The van der Waals surface area contributed by atoms with Crippen molar-refractivity contribution in [2.45, 2.75) is 38.1 Å². The van der Waals surface area contributed by atoms with Crippen molar-refractivity contribution in [3.05, 3.63) is 64.9 Å². The molecule has 0 amide bonds. The maximum atomic E-state index is 10.6. The average molecular weight is 569 g/mol. The van der Waals surface area contributed by atoms with Gasteiger partial charge in [-0.25, -0.2) is 19.6 Å². The van der Waals surface area contributed by atoms with Crippen molar-refractivity contribution in [1.29, 1.82) is 0 Å². The molecule has 1 aliphatic heterocycles. The molecule has 208 valence electrons. The molecule has 0 radical (unpaired) electrons. The second-order valence-corrected chi connectivity index (χ2v) is 8.46. The van der Waals surface area contributed by atoms with Crippen molar-refractivity contribution < 1.29 is 50.9 Å². The normalized spacial score (nSPS) is 15.4. The Morgan fingerprint density at radius 2 is 1.71 bits per heavy atom. The number of carboxylic acids is 2. The van der Waals surface area contributed by atoms with E-state index in [-0.39, 0.29) is 6.04 Å². The Kier molecular flexibility index (Phi) is 11.2. The lowest BCUT2D eigenvalue weighted by Gasteiger charge is -2.33. The van der Waals surface area contributed by atoms with Gasteiger partial charge in [-0.2, -0.15) is 26.3 Å². The van der Waals surface area contributed by atoms with E-state index < -0.39 is 24.3 Å². The van der Waals surface area contributed by atoms with E-state index in [0.29, 0.717) is 13.2 Å². The van der Waals surface area contributed by atoms with E-state index in [1.54, 1.807) is 17.5 Å². The van der Waals surface area contributed by atoms with Crippen LogP contribution in [0.4, 0.5) is 26.3 Å². The highest BCUT2D eigenvalue weighted by molar-refractivity contribution is 7.09. The van der Waals surface area contributed by atoms with Crippen molar-refractivity contribution in [1.82, 2.24) is 24.4 Å². The van der Waals surface area contributed by atoms with Crippen molar-refractivity contribution in [3.63, 3.8) is 0 Å². The first-order valence-electron chi connectivity index (χ1n) is 10.5. The van der Waals surface area contributed by atoms with E-state index in [2.05, 4.69) is 24.4 Å². The fraction of sp³-hybridized carbons (Fsp3) is 0.381. The molecular weight excluding hydrogens is 548 g/mol. The van der Waals surface area contributed by atoms with Crippen LogP contribution in [0.25, 0.3) is 0 Å². The number of ether oxygens (including phenoxy) is 1. The molecule has 10 nitrogen and oxygen atoms in total. The molecule has 0 bridgehead atoms. The molecule has 3 aromatic heterocycles. The van der Waals surface area contributed by atoms with Crippen LogP contribution in [0.5, 0.6) is 0 Å². The number of hydrogen-bond acceptors (Lipinski definition) is 8. The van der Waals surface area contributed by atoms with Gasteiger partial charge >= 0.3 is 24.3 Å². The summed E-state index contributed by atoms with van der Waals surface area (Å²) in [5.74, 6) is -5.51. The number of imidazole rings is 1. The molecule has 0 saturated carbocycles. The number of aromatic nitrogens is 4. The van der Waals surface area contributed by atoms with Gasteiger partial charge in [0.25, 0.3) is 0 Å². The molecule has 0 fully saturated rings. The van der Waals surface area contributed by atoms with Crippen molar-refractivity contribution >= 4 is 23.3 Å². The number of fused-ring (bicyclic) bond motifs is 1. The molecular formula is C21H21F6N5O5S. The maximum Gasteiger partial charge on any atom is 0.490 e. The molecule has 4 rings (SSSR count). The number of halogens is 6. The Bertz CT molecular complexity index is 1120. The van der Waals surface area contributed by atoms with Gasteiger partial charge in [0.1, 0.15) is 5.01 Å². The average Bonchev–Trinajstić information content (AvgIpc) is 3.51. The number of carboxylic acid groups (broad SMARTS) is 2. The van der Waals surface area contributed by atoms with Crippen LogP contribution in [0.1, 0.15) is 22.4 Å². The molecule has 38 heavy (non-hydrogen) atoms. The summed E-state index contributed by atoms with van der Waals surface area (Å²) in [6.45, 7) is 3.89. The second kappa shape index (κ2) is 13.8. The minimum Gasteiger partial charge on any atom is -0.475 e. The van der Waals surface area contributed by atoms with Crippen molar-refractivity contribution in [3.8, 4) is 0 Å². The molecule has 4 heterocycles.